The number of para-hydroxylation sites is 2. The average molecular weight is 269 g/mol. The molecule has 0 aliphatic rings. The van der Waals surface area contributed by atoms with E-state index in [0.29, 0.717) is 0 Å². The van der Waals surface area contributed by atoms with Crippen LogP contribution in [0.15, 0.2) is 53.3 Å². The second-order valence-electron chi connectivity index (χ2n) is 4.59. The van der Waals surface area contributed by atoms with E-state index in [1.807, 2.05) is 48.5 Å². The maximum absolute atomic E-state index is 12.5. The normalized spacial score (nSPS) is 11.2. The van der Waals surface area contributed by atoms with E-state index in [2.05, 4.69) is 17.2 Å². The van der Waals surface area contributed by atoms with Crippen molar-refractivity contribution < 1.29 is 0 Å². The molecule has 3 aromatic rings. The molecular weight excluding hydrogens is 254 g/mol. The minimum atomic E-state index is 0.119. The Morgan fingerprint density at radius 1 is 0.895 bits per heavy atom. The van der Waals surface area contributed by atoms with Crippen LogP contribution in [0.2, 0.25) is 0 Å². The van der Waals surface area contributed by atoms with Crippen LogP contribution in [-0.4, -0.2) is 10.3 Å². The number of aromatic nitrogens is 1. The Kier molecular flexibility index (Phi) is 3.30. The Balaban J connectivity index is 2.45. The molecule has 0 N–H and O–H groups in total. The quantitative estimate of drug-likeness (QED) is 0.571. The third-order valence-corrected chi connectivity index (χ3v) is 3.74. The number of hydrogen-bond donors (Lipinski definition) is 1. The summed E-state index contributed by atoms with van der Waals surface area (Å²) in [6.45, 7) is 0.880. The average Bonchev–Trinajstić information content (AvgIpc) is 2.47. The predicted octanol–water partition coefficient (Wildman–Crippen LogP) is 3.47. The number of hydrogen-bond acceptors (Lipinski definition) is 2. The summed E-state index contributed by atoms with van der Waals surface area (Å²) >= 11 is 4.28. The third-order valence-electron chi connectivity index (χ3n) is 3.42. The van der Waals surface area contributed by atoms with Gasteiger partial charge in [0.1, 0.15) is 0 Å². The first-order valence-corrected chi connectivity index (χ1v) is 7.07. The molecule has 0 radical (unpaired) electrons. The van der Waals surface area contributed by atoms with Gasteiger partial charge in [-0.05, 0) is 36.4 Å². The molecule has 19 heavy (non-hydrogen) atoms. The van der Waals surface area contributed by atoms with E-state index in [9.17, 15) is 4.79 Å². The van der Waals surface area contributed by atoms with Gasteiger partial charge in [-0.2, -0.15) is 12.6 Å². The van der Waals surface area contributed by atoms with E-state index >= 15 is 0 Å². The molecule has 0 aliphatic heterocycles. The molecule has 1 heterocycles. The number of fused-ring (bicyclic) bond motifs is 2. The lowest BCUT2D eigenvalue weighted by Gasteiger charge is -2.14. The molecule has 96 valence electrons. The molecule has 3 heteroatoms. The van der Waals surface area contributed by atoms with Crippen molar-refractivity contribution in [3.8, 4) is 0 Å². The van der Waals surface area contributed by atoms with Gasteiger partial charge in [0.05, 0.1) is 11.0 Å². The Labute approximate surface area is 117 Å². The molecule has 0 atom stereocenters. The predicted molar refractivity (Wildman–Crippen MR) is 84.2 cm³/mol. The summed E-state index contributed by atoms with van der Waals surface area (Å²) in [6, 6.07) is 15.6. The van der Waals surface area contributed by atoms with Crippen molar-refractivity contribution in [2.45, 2.75) is 13.0 Å². The van der Waals surface area contributed by atoms with Crippen LogP contribution in [0.25, 0.3) is 21.8 Å². The largest absolute Gasteiger partial charge is 0.340 e. The fraction of sp³-hybridized carbons (Fsp3) is 0.188. The number of rotatable bonds is 3. The standard InChI is InChI=1S/C16H15NOS/c18-16-12-6-1-3-8-14(12)17(10-5-11-19)15-9-4-2-7-13(15)16/h1-4,6-9,19H,5,10-11H2. The van der Waals surface area contributed by atoms with Crippen LogP contribution < -0.4 is 5.43 Å². The van der Waals surface area contributed by atoms with Gasteiger partial charge in [-0.3, -0.25) is 4.79 Å². The molecule has 0 amide bonds. The highest BCUT2D eigenvalue weighted by Gasteiger charge is 2.09. The minimum Gasteiger partial charge on any atom is -0.340 e. The smallest absolute Gasteiger partial charge is 0.197 e. The van der Waals surface area contributed by atoms with Crippen LogP contribution in [0.5, 0.6) is 0 Å². The van der Waals surface area contributed by atoms with Gasteiger partial charge in [-0.1, -0.05) is 24.3 Å². The van der Waals surface area contributed by atoms with Crippen molar-refractivity contribution >= 4 is 34.4 Å². The number of thiol groups is 1. The van der Waals surface area contributed by atoms with Crippen molar-refractivity contribution in [1.82, 2.24) is 4.57 Å². The Hall–Kier alpha value is -1.74. The van der Waals surface area contributed by atoms with Gasteiger partial charge in [0.25, 0.3) is 0 Å². The van der Waals surface area contributed by atoms with E-state index in [1.165, 1.54) is 0 Å². The zero-order chi connectivity index (χ0) is 13.2. The fourth-order valence-corrected chi connectivity index (χ4v) is 2.69. The highest BCUT2D eigenvalue weighted by Crippen LogP contribution is 2.19. The highest BCUT2D eigenvalue weighted by atomic mass is 32.1. The zero-order valence-corrected chi connectivity index (χ0v) is 11.4. The number of aryl methyl sites for hydroxylation is 1. The summed E-state index contributed by atoms with van der Waals surface area (Å²) in [5, 5.41) is 1.58. The minimum absolute atomic E-state index is 0.119. The number of pyridine rings is 1. The van der Waals surface area contributed by atoms with Crippen LogP contribution in [0.4, 0.5) is 0 Å². The first-order valence-electron chi connectivity index (χ1n) is 6.44. The molecule has 0 spiro atoms. The summed E-state index contributed by atoms with van der Waals surface area (Å²) in [5.41, 5.74) is 2.13. The van der Waals surface area contributed by atoms with Crippen molar-refractivity contribution in [3.05, 3.63) is 58.8 Å². The van der Waals surface area contributed by atoms with Crippen LogP contribution in [0.1, 0.15) is 6.42 Å². The van der Waals surface area contributed by atoms with Crippen LogP contribution in [0.3, 0.4) is 0 Å². The van der Waals surface area contributed by atoms with Crippen molar-refractivity contribution in [1.29, 1.82) is 0 Å². The summed E-state index contributed by atoms with van der Waals surface area (Å²) in [6.07, 6.45) is 0.986. The number of benzene rings is 2. The third kappa shape index (κ3) is 2.04. The Bertz CT molecular complexity index is 731. The molecule has 0 fully saturated rings. The molecule has 0 saturated heterocycles. The first kappa shape index (κ1) is 12.3. The lowest BCUT2D eigenvalue weighted by molar-refractivity contribution is 0.727. The maximum Gasteiger partial charge on any atom is 0.197 e. The topological polar surface area (TPSA) is 22.0 Å². The van der Waals surface area contributed by atoms with Gasteiger partial charge in [0.2, 0.25) is 0 Å². The van der Waals surface area contributed by atoms with Crippen LogP contribution in [-0.2, 0) is 6.54 Å². The molecule has 2 aromatic carbocycles. The summed E-state index contributed by atoms with van der Waals surface area (Å²) in [7, 11) is 0. The molecule has 0 saturated carbocycles. The molecular formula is C16H15NOS. The van der Waals surface area contributed by atoms with Crippen molar-refractivity contribution in [2.24, 2.45) is 0 Å². The van der Waals surface area contributed by atoms with Crippen LogP contribution in [0, 0.1) is 0 Å². The summed E-state index contributed by atoms with van der Waals surface area (Å²) in [4.78, 5) is 12.5. The highest BCUT2D eigenvalue weighted by molar-refractivity contribution is 7.80. The Morgan fingerprint density at radius 3 is 1.95 bits per heavy atom. The molecule has 0 unspecified atom stereocenters. The molecule has 0 bridgehead atoms. The van der Waals surface area contributed by atoms with E-state index in [-0.39, 0.29) is 5.43 Å². The second-order valence-corrected chi connectivity index (χ2v) is 5.04. The van der Waals surface area contributed by atoms with E-state index in [1.54, 1.807) is 0 Å². The first-order chi connectivity index (χ1) is 9.33. The van der Waals surface area contributed by atoms with Crippen molar-refractivity contribution in [3.63, 3.8) is 0 Å². The molecule has 0 aliphatic carbocycles. The lowest BCUT2D eigenvalue weighted by Crippen LogP contribution is -2.11. The fourth-order valence-electron chi connectivity index (χ4n) is 2.55. The lowest BCUT2D eigenvalue weighted by atomic mass is 10.1. The van der Waals surface area contributed by atoms with E-state index < -0.39 is 0 Å². The monoisotopic (exact) mass is 269 g/mol. The SMILES string of the molecule is O=c1c2ccccc2n(CCCS)c2ccccc12. The van der Waals surface area contributed by atoms with Gasteiger partial charge >= 0.3 is 0 Å². The summed E-state index contributed by atoms with van der Waals surface area (Å²) in [5.74, 6) is 0.842. The molecule has 2 nitrogen and oxygen atoms in total. The van der Waals surface area contributed by atoms with Crippen LogP contribution >= 0.6 is 12.6 Å². The van der Waals surface area contributed by atoms with Gasteiger partial charge in [-0.25, -0.2) is 0 Å². The summed E-state index contributed by atoms with van der Waals surface area (Å²) < 4.78 is 2.22. The van der Waals surface area contributed by atoms with Gasteiger partial charge in [-0.15, -0.1) is 0 Å². The number of nitrogens with zero attached hydrogens (tertiary/aromatic N) is 1. The molecule has 3 rings (SSSR count). The van der Waals surface area contributed by atoms with Gasteiger partial charge in [0, 0.05) is 17.3 Å². The molecule has 1 aromatic heterocycles. The van der Waals surface area contributed by atoms with Crippen molar-refractivity contribution in [2.75, 3.05) is 5.75 Å². The zero-order valence-electron chi connectivity index (χ0n) is 10.5. The second kappa shape index (κ2) is 5.10. The van der Waals surface area contributed by atoms with Gasteiger partial charge in [0.15, 0.2) is 5.43 Å². The van der Waals surface area contributed by atoms with E-state index in [0.717, 1.165) is 40.5 Å². The Morgan fingerprint density at radius 2 is 1.42 bits per heavy atom. The maximum atomic E-state index is 12.5. The van der Waals surface area contributed by atoms with E-state index in [4.69, 9.17) is 0 Å². The van der Waals surface area contributed by atoms with Gasteiger partial charge < -0.3 is 4.57 Å².